The van der Waals surface area contributed by atoms with Gasteiger partial charge in [0.25, 0.3) is 9.62 Å². The van der Waals surface area contributed by atoms with Crippen LogP contribution < -0.4 is 5.14 Å². The Morgan fingerprint density at radius 1 is 1.50 bits per heavy atom. The molecule has 1 aromatic heterocycles. The van der Waals surface area contributed by atoms with E-state index >= 15 is 0 Å². The molecule has 3 aliphatic rings. The molecule has 2 N–H and O–H groups in total. The number of hydrogen-bond acceptors (Lipinski definition) is 5. The zero-order valence-electron chi connectivity index (χ0n) is 7.68. The Hall–Kier alpha value is -1.52. The standard InChI is InChI=1S/C6H5N6O2S2/c7-16(13,14)5-4(11-3-8-2-9-11)1-15-6(5)12(15)10-15/h1-3H,(H2,7,13,14)/q+1. The van der Waals surface area contributed by atoms with Crippen molar-refractivity contribution >= 4 is 25.3 Å². The monoisotopic (exact) mass is 257 g/mol. The Morgan fingerprint density at radius 2 is 2.31 bits per heavy atom. The third-order valence-electron chi connectivity index (χ3n) is 2.52. The van der Waals surface area contributed by atoms with E-state index in [2.05, 4.69) is 14.6 Å². The molecule has 0 radical (unpaired) electrons. The molecular formula is C6H5N6O2S2+. The lowest BCUT2D eigenvalue weighted by Gasteiger charge is -2.02. The lowest BCUT2D eigenvalue weighted by atomic mass is 10.4. The van der Waals surface area contributed by atoms with Crippen molar-refractivity contribution in [1.82, 2.24) is 14.8 Å². The normalized spacial score (nSPS) is 29.6. The minimum Gasteiger partial charge on any atom is -0.224 e. The molecule has 8 nitrogen and oxygen atoms in total. The van der Waals surface area contributed by atoms with Crippen LogP contribution in [0.4, 0.5) is 0 Å². The molecule has 0 bridgehead atoms. The molecule has 4 rings (SSSR count). The number of rotatable bonds is 2. The molecule has 10 heteroatoms. The summed E-state index contributed by atoms with van der Waals surface area (Å²) < 4.78 is 30.2. The highest BCUT2D eigenvalue weighted by atomic mass is 32.2. The van der Waals surface area contributed by atoms with Crippen molar-refractivity contribution in [3.63, 3.8) is 0 Å². The second-order valence-corrected chi connectivity index (χ2v) is 7.29. The molecule has 0 amide bonds. The van der Waals surface area contributed by atoms with Gasteiger partial charge in [-0.15, -0.1) is 0 Å². The van der Waals surface area contributed by atoms with Crippen molar-refractivity contribution in [3.05, 3.63) is 28.0 Å². The van der Waals surface area contributed by atoms with E-state index in [9.17, 15) is 8.42 Å². The van der Waals surface area contributed by atoms with E-state index in [0.717, 1.165) is 5.03 Å². The molecule has 1 unspecified atom stereocenters. The average Bonchev–Trinajstić information content (AvgIpc) is 2.86. The molecule has 0 saturated heterocycles. The van der Waals surface area contributed by atoms with E-state index in [-0.39, 0.29) is 4.91 Å². The highest BCUT2D eigenvalue weighted by molar-refractivity contribution is 8.08. The van der Waals surface area contributed by atoms with Crippen LogP contribution in [0.1, 0.15) is 0 Å². The minimum atomic E-state index is -3.75. The highest BCUT2D eigenvalue weighted by Crippen LogP contribution is 2.55. The Bertz CT molecular complexity index is 832. The van der Waals surface area contributed by atoms with Crippen molar-refractivity contribution in [2.45, 2.75) is 0 Å². The van der Waals surface area contributed by atoms with Crippen molar-refractivity contribution in [3.8, 4) is 0 Å². The molecular weight excluding hydrogens is 252 g/mol. The molecule has 1 atom stereocenters. The van der Waals surface area contributed by atoms with Crippen LogP contribution in [0, 0.1) is 0 Å². The molecule has 1 spiro atoms. The van der Waals surface area contributed by atoms with E-state index in [0.29, 0.717) is 5.70 Å². The lowest BCUT2D eigenvalue weighted by Crippen LogP contribution is -2.18. The zero-order valence-corrected chi connectivity index (χ0v) is 9.31. The molecule has 0 saturated carbocycles. The number of aromatic nitrogens is 3. The summed E-state index contributed by atoms with van der Waals surface area (Å²) >= 11 is 0. The molecule has 3 aliphatic heterocycles. The van der Waals surface area contributed by atoms with Gasteiger partial charge in [-0.05, 0) is 0 Å². The van der Waals surface area contributed by atoms with E-state index in [1.165, 1.54) is 17.3 Å². The predicted octanol–water partition coefficient (Wildman–Crippen LogP) is -0.976. The van der Waals surface area contributed by atoms with Crippen molar-refractivity contribution in [2.75, 3.05) is 0 Å². The topological polar surface area (TPSA) is 106 Å². The second kappa shape index (κ2) is 2.12. The second-order valence-electron chi connectivity index (χ2n) is 3.47. The van der Waals surface area contributed by atoms with Gasteiger partial charge in [-0.3, -0.25) is 0 Å². The Morgan fingerprint density at radius 3 is 2.88 bits per heavy atom. The van der Waals surface area contributed by atoms with E-state index in [1.54, 1.807) is 9.46 Å². The van der Waals surface area contributed by atoms with Crippen LogP contribution in [0.25, 0.3) is 5.70 Å². The minimum absolute atomic E-state index is 0.128. The fourth-order valence-corrected chi connectivity index (χ4v) is 5.75. The number of primary sulfonamides is 1. The van der Waals surface area contributed by atoms with Gasteiger partial charge in [0, 0.05) is 4.05 Å². The van der Waals surface area contributed by atoms with Crippen LogP contribution >= 0.6 is 0 Å². The molecule has 82 valence electrons. The zero-order chi connectivity index (χ0) is 11.1. The van der Waals surface area contributed by atoms with Gasteiger partial charge in [-0.25, -0.2) is 23.2 Å². The van der Waals surface area contributed by atoms with E-state index in [4.69, 9.17) is 5.14 Å². The maximum Gasteiger partial charge on any atom is 0.374 e. The lowest BCUT2D eigenvalue weighted by molar-refractivity contribution is -0.369. The molecule has 0 fully saturated rings. The van der Waals surface area contributed by atoms with Crippen LogP contribution in [0.5, 0.6) is 0 Å². The van der Waals surface area contributed by atoms with Crippen LogP contribution in [0.15, 0.2) is 32.5 Å². The van der Waals surface area contributed by atoms with Crippen molar-refractivity contribution in [1.29, 1.82) is 0 Å². The number of nitrogens with two attached hydrogens (primary N) is 1. The number of fused-ring (bicyclic) bond motifs is 1. The predicted molar refractivity (Wildman–Crippen MR) is 54.5 cm³/mol. The van der Waals surface area contributed by atoms with Gasteiger partial charge in [0.1, 0.15) is 22.8 Å². The number of sulfonamides is 1. The summed E-state index contributed by atoms with van der Waals surface area (Å²) in [4.78, 5) is 3.91. The maximum atomic E-state index is 11.5. The Kier molecular flexibility index (Phi) is 1.14. The molecule has 0 aliphatic carbocycles. The van der Waals surface area contributed by atoms with Crippen LogP contribution in [-0.4, -0.2) is 27.2 Å². The maximum absolute atomic E-state index is 11.5. The van der Waals surface area contributed by atoms with E-state index < -0.39 is 19.6 Å². The molecule has 4 heterocycles. The first-order chi connectivity index (χ1) is 7.54. The van der Waals surface area contributed by atoms with Crippen molar-refractivity contribution < 1.29 is 12.5 Å². The van der Waals surface area contributed by atoms with Gasteiger partial charge in [0.2, 0.25) is 10.0 Å². The molecule has 1 aromatic rings. The van der Waals surface area contributed by atoms with Crippen molar-refractivity contribution in [2.24, 2.45) is 9.61 Å². The fourth-order valence-electron chi connectivity index (χ4n) is 1.76. The van der Waals surface area contributed by atoms with E-state index in [1.807, 2.05) is 0 Å². The van der Waals surface area contributed by atoms with Gasteiger partial charge < -0.3 is 0 Å². The quantitative estimate of drug-likeness (QED) is 0.687. The summed E-state index contributed by atoms with van der Waals surface area (Å²) in [5.74, 6) is 0. The first-order valence-electron chi connectivity index (χ1n) is 4.25. The Labute approximate surface area is 90.5 Å². The third-order valence-corrected chi connectivity index (χ3v) is 6.00. The van der Waals surface area contributed by atoms with Crippen LogP contribution in [-0.2, 0) is 19.6 Å². The summed E-state index contributed by atoms with van der Waals surface area (Å²) in [5.41, 5.74) is 0.461. The highest BCUT2D eigenvalue weighted by Gasteiger charge is 2.72. The van der Waals surface area contributed by atoms with Crippen LogP contribution in [0.3, 0.4) is 0 Å². The van der Waals surface area contributed by atoms with Gasteiger partial charge in [0.15, 0.2) is 4.91 Å². The molecule has 16 heavy (non-hydrogen) atoms. The summed E-state index contributed by atoms with van der Waals surface area (Å²) in [6.45, 7) is 0. The third kappa shape index (κ3) is 0.795. The van der Waals surface area contributed by atoms with Gasteiger partial charge >= 0.3 is 5.03 Å². The summed E-state index contributed by atoms with van der Waals surface area (Å²) in [5, 5.41) is 11.6. The fraction of sp³-hybridized carbons (Fsp3) is 0. The van der Waals surface area contributed by atoms with Gasteiger partial charge in [-0.2, -0.15) is 5.10 Å². The number of hydrogen-bond donors (Lipinski definition) is 1. The average molecular weight is 257 g/mol. The van der Waals surface area contributed by atoms with Gasteiger partial charge in [0.05, 0.1) is 5.41 Å². The molecule has 0 aromatic carbocycles. The number of allylic oxidation sites excluding steroid dienone is 1. The smallest absolute Gasteiger partial charge is 0.224 e. The summed E-state index contributed by atoms with van der Waals surface area (Å²) in [6.07, 6.45) is 2.77. The first kappa shape index (κ1) is 8.61. The summed E-state index contributed by atoms with van der Waals surface area (Å²) in [7, 11) is -5.14. The largest absolute Gasteiger partial charge is 0.374 e. The van der Waals surface area contributed by atoms with Crippen LogP contribution in [0.2, 0.25) is 0 Å². The summed E-state index contributed by atoms with van der Waals surface area (Å²) in [6, 6.07) is 0. The number of nitrogens with zero attached hydrogens (tertiary/aromatic N) is 5. The first-order valence-corrected chi connectivity index (χ1v) is 7.40. The Balaban J connectivity index is 2.01. The van der Waals surface area contributed by atoms with Gasteiger partial charge in [-0.1, -0.05) is 0 Å². The SMILES string of the molecule is NS(=O)(=O)C1=C2[N+]3=S2(=N3)C=C1n1cncn1.